The number of carboxylic acid groups (broad SMARTS) is 2. The van der Waals surface area contributed by atoms with Gasteiger partial charge < -0.3 is 10.2 Å². The van der Waals surface area contributed by atoms with Crippen LogP contribution in [0, 0.1) is 0 Å². The highest BCUT2D eigenvalue weighted by Gasteiger charge is 2.43. The first-order chi connectivity index (χ1) is 10.5. The average molecular weight is 304 g/mol. The van der Waals surface area contributed by atoms with Gasteiger partial charge in [-0.05, 0) is 30.3 Å². The van der Waals surface area contributed by atoms with Crippen LogP contribution in [0.2, 0.25) is 0 Å². The Morgan fingerprint density at radius 3 is 2.09 bits per heavy atom. The molecule has 2 fully saturated rings. The molecule has 0 aliphatic carbocycles. The topological polar surface area (TPSA) is 80.6 Å². The van der Waals surface area contributed by atoms with Crippen LogP contribution in [0.3, 0.4) is 0 Å². The maximum absolute atomic E-state index is 11.8. The van der Waals surface area contributed by atoms with Crippen molar-refractivity contribution in [2.24, 2.45) is 0 Å². The molecule has 0 saturated carbocycles. The first kappa shape index (κ1) is 15.0. The molecule has 3 rings (SSSR count). The Bertz CT molecular complexity index is 643. The summed E-state index contributed by atoms with van der Waals surface area (Å²) in [6, 6.07) is 3.26. The Balaban J connectivity index is 2.12. The van der Waals surface area contributed by atoms with Crippen LogP contribution in [0.15, 0.2) is 12.1 Å². The zero-order valence-corrected chi connectivity index (χ0v) is 12.7. The van der Waals surface area contributed by atoms with E-state index in [1.54, 1.807) is 12.1 Å². The van der Waals surface area contributed by atoms with E-state index < -0.39 is 11.9 Å². The summed E-state index contributed by atoms with van der Waals surface area (Å²) in [6.07, 6.45) is 0. The second-order valence-corrected chi connectivity index (χ2v) is 5.81. The molecule has 2 heterocycles. The summed E-state index contributed by atoms with van der Waals surface area (Å²) in [5, 5.41) is 19.1. The standard InChI is InChI=1S/C16H20N2O4/c1-3-17-7-11(17)9-5-6-10(15(19)20)13(14(9)16(21)22)12-8-18(12)4-2/h5-6,11-12H,3-4,7-8H2,1-2H3,(H,19,20)(H,21,22). The van der Waals surface area contributed by atoms with Gasteiger partial charge in [0.25, 0.3) is 0 Å². The minimum absolute atomic E-state index is 0.0871. The maximum atomic E-state index is 11.8. The molecular formula is C16H20N2O4. The number of benzene rings is 1. The lowest BCUT2D eigenvalue weighted by Crippen LogP contribution is -2.15. The Morgan fingerprint density at radius 1 is 1.05 bits per heavy atom. The van der Waals surface area contributed by atoms with Gasteiger partial charge in [0, 0.05) is 25.2 Å². The molecule has 4 atom stereocenters. The van der Waals surface area contributed by atoms with E-state index in [0.717, 1.165) is 31.7 Å². The predicted molar refractivity (Wildman–Crippen MR) is 80.3 cm³/mol. The van der Waals surface area contributed by atoms with Gasteiger partial charge in [-0.25, -0.2) is 9.59 Å². The summed E-state index contributed by atoms with van der Waals surface area (Å²) in [7, 11) is 0. The van der Waals surface area contributed by atoms with Crippen molar-refractivity contribution < 1.29 is 19.8 Å². The molecule has 4 unspecified atom stereocenters. The van der Waals surface area contributed by atoms with E-state index >= 15 is 0 Å². The predicted octanol–water partition coefficient (Wildman–Crippen LogP) is 1.84. The van der Waals surface area contributed by atoms with Gasteiger partial charge in [-0.15, -0.1) is 0 Å². The summed E-state index contributed by atoms with van der Waals surface area (Å²) in [4.78, 5) is 27.6. The highest BCUT2D eigenvalue weighted by atomic mass is 16.4. The third-order valence-electron chi connectivity index (χ3n) is 4.66. The molecule has 0 spiro atoms. The molecule has 0 aromatic heterocycles. The zero-order chi connectivity index (χ0) is 16.0. The van der Waals surface area contributed by atoms with Crippen molar-refractivity contribution in [2.75, 3.05) is 26.2 Å². The zero-order valence-electron chi connectivity index (χ0n) is 12.7. The highest BCUT2D eigenvalue weighted by molar-refractivity contribution is 5.98. The molecule has 2 N–H and O–H groups in total. The lowest BCUT2D eigenvalue weighted by atomic mass is 9.92. The number of likely N-dealkylation sites (N-methyl/N-ethyl adjacent to an activating group) is 2. The van der Waals surface area contributed by atoms with Crippen LogP contribution in [-0.4, -0.2) is 58.1 Å². The molecule has 6 heteroatoms. The normalized spacial score (nSPS) is 29.2. The smallest absolute Gasteiger partial charge is 0.336 e. The average Bonchev–Trinajstić information content (AvgIpc) is 3.37. The number of rotatable bonds is 6. The molecule has 2 aliphatic heterocycles. The fourth-order valence-corrected chi connectivity index (χ4v) is 3.30. The molecule has 118 valence electrons. The van der Waals surface area contributed by atoms with Gasteiger partial charge in [0.2, 0.25) is 0 Å². The number of nitrogens with zero attached hydrogens (tertiary/aromatic N) is 2. The fraction of sp³-hybridized carbons (Fsp3) is 0.500. The van der Waals surface area contributed by atoms with Crippen LogP contribution in [-0.2, 0) is 0 Å². The van der Waals surface area contributed by atoms with Crippen molar-refractivity contribution in [3.05, 3.63) is 34.4 Å². The van der Waals surface area contributed by atoms with E-state index in [1.165, 1.54) is 0 Å². The molecule has 0 radical (unpaired) electrons. The Labute approximate surface area is 129 Å². The van der Waals surface area contributed by atoms with Crippen molar-refractivity contribution in [2.45, 2.75) is 25.9 Å². The SMILES string of the molecule is CCN1CC1c1ccc(C(=O)O)c(C2CN2CC)c1C(=O)O. The van der Waals surface area contributed by atoms with E-state index in [1.807, 2.05) is 13.8 Å². The number of hydrogen-bond donors (Lipinski definition) is 2. The van der Waals surface area contributed by atoms with Crippen LogP contribution in [0.5, 0.6) is 0 Å². The second kappa shape index (κ2) is 5.37. The van der Waals surface area contributed by atoms with E-state index in [0.29, 0.717) is 5.56 Å². The monoisotopic (exact) mass is 304 g/mol. The van der Waals surface area contributed by atoms with Gasteiger partial charge in [0.15, 0.2) is 0 Å². The molecule has 6 nitrogen and oxygen atoms in total. The molecule has 1 aromatic rings. The van der Waals surface area contributed by atoms with E-state index in [-0.39, 0.29) is 23.2 Å². The lowest BCUT2D eigenvalue weighted by molar-refractivity contribution is 0.0693. The van der Waals surface area contributed by atoms with Crippen molar-refractivity contribution in [3.63, 3.8) is 0 Å². The molecule has 22 heavy (non-hydrogen) atoms. The van der Waals surface area contributed by atoms with Crippen LogP contribution in [0.4, 0.5) is 0 Å². The first-order valence-corrected chi connectivity index (χ1v) is 7.61. The molecule has 2 saturated heterocycles. The van der Waals surface area contributed by atoms with Gasteiger partial charge >= 0.3 is 11.9 Å². The van der Waals surface area contributed by atoms with E-state index in [9.17, 15) is 19.8 Å². The molecule has 1 aromatic carbocycles. The molecule has 0 amide bonds. The third-order valence-corrected chi connectivity index (χ3v) is 4.66. The van der Waals surface area contributed by atoms with Crippen LogP contribution >= 0.6 is 0 Å². The molecular weight excluding hydrogens is 284 g/mol. The summed E-state index contributed by atoms with van der Waals surface area (Å²) < 4.78 is 0. The Hall–Kier alpha value is -1.92. The van der Waals surface area contributed by atoms with Crippen molar-refractivity contribution in [3.8, 4) is 0 Å². The Kier molecular flexibility index (Phi) is 3.66. The van der Waals surface area contributed by atoms with Gasteiger partial charge in [-0.2, -0.15) is 0 Å². The van der Waals surface area contributed by atoms with Crippen LogP contribution in [0.25, 0.3) is 0 Å². The van der Waals surface area contributed by atoms with Crippen molar-refractivity contribution >= 4 is 11.9 Å². The van der Waals surface area contributed by atoms with E-state index in [2.05, 4.69) is 9.80 Å². The summed E-state index contributed by atoms with van der Waals surface area (Å²) in [6.45, 7) is 7.24. The van der Waals surface area contributed by atoms with E-state index in [4.69, 9.17) is 0 Å². The molecule has 2 aliphatic rings. The number of hydrogen-bond acceptors (Lipinski definition) is 4. The number of aromatic carboxylic acids is 2. The largest absolute Gasteiger partial charge is 0.478 e. The highest BCUT2D eigenvalue weighted by Crippen LogP contribution is 2.44. The Morgan fingerprint density at radius 2 is 1.64 bits per heavy atom. The van der Waals surface area contributed by atoms with Crippen LogP contribution < -0.4 is 0 Å². The minimum Gasteiger partial charge on any atom is -0.478 e. The second-order valence-electron chi connectivity index (χ2n) is 5.81. The van der Waals surface area contributed by atoms with Gasteiger partial charge in [0.1, 0.15) is 0 Å². The van der Waals surface area contributed by atoms with Crippen molar-refractivity contribution in [1.82, 2.24) is 9.80 Å². The van der Waals surface area contributed by atoms with Crippen LogP contribution in [0.1, 0.15) is 57.8 Å². The maximum Gasteiger partial charge on any atom is 0.336 e. The first-order valence-electron chi connectivity index (χ1n) is 7.61. The molecule has 0 bridgehead atoms. The minimum atomic E-state index is -1.06. The lowest BCUT2D eigenvalue weighted by Gasteiger charge is -2.14. The van der Waals surface area contributed by atoms with Crippen molar-refractivity contribution in [1.29, 1.82) is 0 Å². The quantitative estimate of drug-likeness (QED) is 0.781. The summed E-state index contributed by atoms with van der Waals surface area (Å²) >= 11 is 0. The number of carboxylic acids is 2. The fourth-order valence-electron chi connectivity index (χ4n) is 3.30. The number of carbonyl (C=O) groups is 2. The van der Waals surface area contributed by atoms with Gasteiger partial charge in [-0.3, -0.25) is 9.80 Å². The summed E-state index contributed by atoms with van der Waals surface area (Å²) in [5.41, 5.74) is 1.53. The van der Waals surface area contributed by atoms with Gasteiger partial charge in [0.05, 0.1) is 11.1 Å². The third kappa shape index (κ3) is 2.38. The van der Waals surface area contributed by atoms with Gasteiger partial charge in [-0.1, -0.05) is 19.9 Å². The summed E-state index contributed by atoms with van der Waals surface area (Å²) in [5.74, 6) is -2.09.